The van der Waals surface area contributed by atoms with E-state index in [-0.39, 0.29) is 16.6 Å². The van der Waals surface area contributed by atoms with Gasteiger partial charge in [-0.1, -0.05) is 24.3 Å². The van der Waals surface area contributed by atoms with Gasteiger partial charge in [0, 0.05) is 23.6 Å². The van der Waals surface area contributed by atoms with Crippen LogP contribution in [0.1, 0.15) is 22.8 Å². The molecule has 1 unspecified atom stereocenters. The predicted octanol–water partition coefficient (Wildman–Crippen LogP) is 3.28. The van der Waals surface area contributed by atoms with Crippen molar-refractivity contribution in [1.82, 2.24) is 9.55 Å². The fraction of sp³-hybridized carbons (Fsp3) is 0.150. The molecule has 1 aliphatic rings. The first kappa shape index (κ1) is 18.2. The van der Waals surface area contributed by atoms with Gasteiger partial charge in [0.1, 0.15) is 11.4 Å². The Bertz CT molecular complexity index is 1200. The first-order valence-corrected chi connectivity index (χ1v) is 9.43. The van der Waals surface area contributed by atoms with Crippen LogP contribution in [-0.2, 0) is 7.05 Å². The second-order valence-electron chi connectivity index (χ2n) is 6.41. The maximum absolute atomic E-state index is 13.4. The molecule has 142 valence electrons. The third-order valence-corrected chi connectivity index (χ3v) is 5.91. The molecule has 0 fully saturated rings. The fourth-order valence-electron chi connectivity index (χ4n) is 3.10. The van der Waals surface area contributed by atoms with E-state index in [4.69, 9.17) is 0 Å². The maximum Gasteiger partial charge on any atom is 0.330 e. The van der Waals surface area contributed by atoms with Crippen LogP contribution in [0.4, 0.5) is 10.1 Å². The van der Waals surface area contributed by atoms with Crippen molar-refractivity contribution >= 4 is 23.2 Å². The minimum Gasteiger partial charge on any atom is -0.494 e. The number of fused-ring (bicyclic) bond motifs is 1. The quantitative estimate of drug-likeness (QED) is 0.695. The number of aromatic nitrogens is 2. The van der Waals surface area contributed by atoms with Crippen molar-refractivity contribution in [2.45, 2.75) is 16.6 Å². The molecule has 2 N–H and O–H groups in total. The van der Waals surface area contributed by atoms with Gasteiger partial charge in [-0.05, 0) is 29.8 Å². The Balaban J connectivity index is 1.90. The van der Waals surface area contributed by atoms with Crippen molar-refractivity contribution in [2.24, 2.45) is 12.0 Å². The van der Waals surface area contributed by atoms with Crippen LogP contribution in [-0.4, -0.2) is 20.4 Å². The van der Waals surface area contributed by atoms with Gasteiger partial charge in [0.2, 0.25) is 5.88 Å². The average molecular weight is 397 g/mol. The van der Waals surface area contributed by atoms with E-state index in [1.165, 1.54) is 19.2 Å². The maximum atomic E-state index is 13.4. The van der Waals surface area contributed by atoms with Crippen molar-refractivity contribution in [3.05, 3.63) is 86.3 Å². The summed E-state index contributed by atoms with van der Waals surface area (Å²) in [5.74, 6) is -0.765. The number of nitrogens with one attached hydrogen (secondary N) is 1. The Hall–Kier alpha value is -3.13. The first-order valence-electron chi connectivity index (χ1n) is 8.55. The zero-order valence-corrected chi connectivity index (χ0v) is 15.7. The average Bonchev–Trinajstić information content (AvgIpc) is 2.86. The normalized spacial score (nSPS) is 16.2. The summed E-state index contributed by atoms with van der Waals surface area (Å²) in [5.41, 5.74) is 0.468. The lowest BCUT2D eigenvalue weighted by atomic mass is 10.0. The van der Waals surface area contributed by atoms with E-state index in [2.05, 4.69) is 9.98 Å². The molecule has 1 aliphatic heterocycles. The third kappa shape index (κ3) is 3.27. The highest BCUT2D eigenvalue weighted by Crippen LogP contribution is 2.45. The van der Waals surface area contributed by atoms with E-state index >= 15 is 0 Å². The molecule has 0 bridgehead atoms. The van der Waals surface area contributed by atoms with E-state index in [0.29, 0.717) is 17.8 Å². The van der Waals surface area contributed by atoms with Gasteiger partial charge in [0.25, 0.3) is 5.56 Å². The summed E-state index contributed by atoms with van der Waals surface area (Å²) >= 11 is 1.55. The summed E-state index contributed by atoms with van der Waals surface area (Å²) in [5, 5.41) is 10.3. The Morgan fingerprint density at radius 3 is 2.64 bits per heavy atom. The number of H-pyrrole nitrogens is 1. The molecular formula is C20H16FN3O3S. The van der Waals surface area contributed by atoms with E-state index in [1.54, 1.807) is 23.9 Å². The molecule has 1 atom stereocenters. The number of aliphatic imine (C=N–C) groups is 1. The lowest BCUT2D eigenvalue weighted by Crippen LogP contribution is -2.32. The van der Waals surface area contributed by atoms with Crippen LogP contribution >= 0.6 is 11.8 Å². The molecular weight excluding hydrogens is 381 g/mol. The van der Waals surface area contributed by atoms with Crippen LogP contribution in [0.3, 0.4) is 0 Å². The van der Waals surface area contributed by atoms with Crippen molar-refractivity contribution < 1.29 is 9.50 Å². The standard InChI is InChI=1S/C20H16FN3O3S/c1-24-19(26)17(18(25)23-20(24)27)14-10-16(11-6-8-12(21)9-7-11)28-15-5-3-2-4-13(15)22-14/h2-9,16,26H,10H2,1H3,(H,23,25,27). The van der Waals surface area contributed by atoms with E-state index in [9.17, 15) is 19.1 Å². The summed E-state index contributed by atoms with van der Waals surface area (Å²) in [6.07, 6.45) is 0.319. The SMILES string of the molecule is Cn1c(O)c(C2=Nc3ccccc3SC(c3ccc(F)cc3)C2)c(=O)[nH]c1=O. The molecule has 0 spiro atoms. The van der Waals surface area contributed by atoms with Crippen LogP contribution in [0.15, 0.2) is 68.0 Å². The molecule has 3 aromatic rings. The van der Waals surface area contributed by atoms with Crippen LogP contribution in [0, 0.1) is 5.82 Å². The van der Waals surface area contributed by atoms with Gasteiger partial charge in [-0.25, -0.2) is 9.18 Å². The van der Waals surface area contributed by atoms with Gasteiger partial charge in [0.05, 0.1) is 11.4 Å². The zero-order chi connectivity index (χ0) is 19.8. The molecule has 4 rings (SSSR count). The summed E-state index contributed by atoms with van der Waals surface area (Å²) in [6, 6.07) is 13.7. The highest BCUT2D eigenvalue weighted by atomic mass is 32.2. The van der Waals surface area contributed by atoms with E-state index in [0.717, 1.165) is 15.0 Å². The zero-order valence-electron chi connectivity index (χ0n) is 14.8. The van der Waals surface area contributed by atoms with Crippen molar-refractivity contribution in [1.29, 1.82) is 0 Å². The Kier molecular flexibility index (Phi) is 4.64. The Labute approximate surface area is 163 Å². The highest BCUT2D eigenvalue weighted by molar-refractivity contribution is 7.99. The van der Waals surface area contributed by atoms with Gasteiger partial charge in [-0.15, -0.1) is 11.8 Å². The van der Waals surface area contributed by atoms with Crippen molar-refractivity contribution in [3.8, 4) is 5.88 Å². The monoisotopic (exact) mass is 397 g/mol. The second kappa shape index (κ2) is 7.12. The Morgan fingerprint density at radius 2 is 1.89 bits per heavy atom. The number of nitrogens with zero attached hydrogens (tertiary/aromatic N) is 2. The smallest absolute Gasteiger partial charge is 0.330 e. The molecule has 1 aromatic heterocycles. The Morgan fingerprint density at radius 1 is 1.18 bits per heavy atom. The van der Waals surface area contributed by atoms with Crippen LogP contribution in [0.25, 0.3) is 0 Å². The first-order chi connectivity index (χ1) is 13.4. The van der Waals surface area contributed by atoms with Gasteiger partial charge in [-0.2, -0.15) is 0 Å². The number of halogens is 1. The predicted molar refractivity (Wildman–Crippen MR) is 106 cm³/mol. The van der Waals surface area contributed by atoms with Crippen molar-refractivity contribution in [3.63, 3.8) is 0 Å². The number of aromatic hydroxyl groups is 1. The minimum atomic E-state index is -0.703. The lowest BCUT2D eigenvalue weighted by molar-refractivity contribution is 0.416. The number of para-hydroxylation sites is 1. The summed E-state index contributed by atoms with van der Waals surface area (Å²) < 4.78 is 14.3. The van der Waals surface area contributed by atoms with Gasteiger partial charge in [-0.3, -0.25) is 19.3 Å². The van der Waals surface area contributed by atoms with Crippen LogP contribution < -0.4 is 11.2 Å². The summed E-state index contributed by atoms with van der Waals surface area (Å²) in [4.78, 5) is 31.9. The van der Waals surface area contributed by atoms with Crippen molar-refractivity contribution in [2.75, 3.05) is 0 Å². The van der Waals surface area contributed by atoms with Crippen LogP contribution in [0.5, 0.6) is 5.88 Å². The lowest BCUT2D eigenvalue weighted by Gasteiger charge is -2.16. The topological polar surface area (TPSA) is 87.4 Å². The highest BCUT2D eigenvalue weighted by Gasteiger charge is 2.26. The van der Waals surface area contributed by atoms with E-state index in [1.807, 2.05) is 24.3 Å². The van der Waals surface area contributed by atoms with E-state index < -0.39 is 17.1 Å². The number of thioether (sulfide) groups is 1. The number of benzene rings is 2. The largest absolute Gasteiger partial charge is 0.494 e. The van der Waals surface area contributed by atoms with Gasteiger partial charge in [0.15, 0.2) is 0 Å². The van der Waals surface area contributed by atoms with Gasteiger partial charge < -0.3 is 5.11 Å². The third-order valence-electron chi connectivity index (χ3n) is 4.59. The number of rotatable bonds is 2. The minimum absolute atomic E-state index is 0.0356. The van der Waals surface area contributed by atoms with Crippen LogP contribution in [0.2, 0.25) is 0 Å². The molecule has 2 heterocycles. The number of hydrogen-bond donors (Lipinski definition) is 2. The fourth-order valence-corrected chi connectivity index (χ4v) is 4.33. The summed E-state index contributed by atoms with van der Waals surface area (Å²) in [7, 11) is 1.37. The van der Waals surface area contributed by atoms with Gasteiger partial charge >= 0.3 is 5.69 Å². The number of hydrogen-bond acceptors (Lipinski definition) is 5. The number of aromatic amines is 1. The summed E-state index contributed by atoms with van der Waals surface area (Å²) in [6.45, 7) is 0. The molecule has 0 saturated carbocycles. The molecule has 28 heavy (non-hydrogen) atoms. The molecule has 0 amide bonds. The molecule has 0 saturated heterocycles. The molecule has 6 nitrogen and oxygen atoms in total. The molecule has 0 radical (unpaired) electrons. The molecule has 0 aliphatic carbocycles. The molecule has 2 aromatic carbocycles. The molecule has 8 heteroatoms. The second-order valence-corrected chi connectivity index (χ2v) is 7.65.